The predicted octanol–water partition coefficient (Wildman–Crippen LogP) is 2.55. The van der Waals surface area contributed by atoms with Gasteiger partial charge in [0.15, 0.2) is 0 Å². The van der Waals surface area contributed by atoms with Crippen LogP contribution in [0, 0.1) is 13.8 Å². The monoisotopic (exact) mass is 147 g/mol. The van der Waals surface area contributed by atoms with Crippen molar-refractivity contribution < 1.29 is 5.11 Å². The predicted molar refractivity (Wildman–Crippen MR) is 47.2 cm³/mol. The quantitative estimate of drug-likeness (QED) is 0.647. The van der Waals surface area contributed by atoms with Crippen molar-refractivity contribution in [3.8, 4) is 5.75 Å². The molecule has 0 fully saturated rings. The third kappa shape index (κ3) is 1.84. The highest BCUT2D eigenvalue weighted by atomic mass is 16.3. The summed E-state index contributed by atoms with van der Waals surface area (Å²) in [6, 6.07) is 5.55. The standard InChI is InChI=1S/C10H11O/c1-3-4-9-6-5-8(2)7-10(9)11/h3-7,11H,1H2,2H3/b4-3+. The Morgan fingerprint density at radius 1 is 1.45 bits per heavy atom. The van der Waals surface area contributed by atoms with E-state index in [0.717, 1.165) is 11.1 Å². The van der Waals surface area contributed by atoms with Gasteiger partial charge < -0.3 is 5.11 Å². The van der Waals surface area contributed by atoms with E-state index in [1.54, 1.807) is 18.2 Å². The lowest BCUT2D eigenvalue weighted by Gasteiger charge is -1.98. The van der Waals surface area contributed by atoms with Gasteiger partial charge in [-0.15, -0.1) is 0 Å². The van der Waals surface area contributed by atoms with E-state index < -0.39 is 0 Å². The molecule has 0 aromatic heterocycles. The topological polar surface area (TPSA) is 20.2 Å². The number of phenolic OH excluding ortho intramolecular Hbond substituents is 1. The van der Waals surface area contributed by atoms with Crippen LogP contribution in [0.1, 0.15) is 11.1 Å². The second kappa shape index (κ2) is 3.24. The fourth-order valence-electron chi connectivity index (χ4n) is 0.922. The fraction of sp³-hybridized carbons (Fsp3) is 0.100. The highest BCUT2D eigenvalue weighted by Crippen LogP contribution is 2.19. The van der Waals surface area contributed by atoms with Crippen molar-refractivity contribution in [2.75, 3.05) is 0 Å². The molecule has 1 radical (unpaired) electrons. The molecule has 0 amide bonds. The summed E-state index contributed by atoms with van der Waals surface area (Å²) < 4.78 is 0. The first kappa shape index (κ1) is 7.86. The molecule has 1 aromatic rings. The van der Waals surface area contributed by atoms with Gasteiger partial charge in [0.1, 0.15) is 5.75 Å². The Labute approximate surface area is 67.0 Å². The molecular formula is C10H11O. The third-order valence-electron chi connectivity index (χ3n) is 1.48. The lowest BCUT2D eigenvalue weighted by molar-refractivity contribution is 0.473. The molecule has 0 aliphatic heterocycles. The molecule has 0 saturated carbocycles. The summed E-state index contributed by atoms with van der Waals surface area (Å²) >= 11 is 0. The third-order valence-corrected chi connectivity index (χ3v) is 1.48. The molecule has 57 valence electrons. The van der Waals surface area contributed by atoms with E-state index in [4.69, 9.17) is 0 Å². The van der Waals surface area contributed by atoms with Crippen LogP contribution < -0.4 is 0 Å². The molecule has 0 unspecified atom stereocenters. The minimum absolute atomic E-state index is 0.310. The van der Waals surface area contributed by atoms with E-state index in [2.05, 4.69) is 6.92 Å². The first-order chi connectivity index (χ1) is 5.24. The summed E-state index contributed by atoms with van der Waals surface area (Å²) in [5.41, 5.74) is 1.87. The van der Waals surface area contributed by atoms with Crippen molar-refractivity contribution in [1.29, 1.82) is 0 Å². The number of benzene rings is 1. The summed E-state index contributed by atoms with van der Waals surface area (Å²) in [6.45, 7) is 5.49. The number of aromatic hydroxyl groups is 1. The van der Waals surface area contributed by atoms with Crippen LogP contribution in [-0.2, 0) is 0 Å². The first-order valence-corrected chi connectivity index (χ1v) is 3.49. The van der Waals surface area contributed by atoms with Crippen LogP contribution in [0.5, 0.6) is 5.75 Å². The van der Waals surface area contributed by atoms with Crippen molar-refractivity contribution in [2.45, 2.75) is 6.92 Å². The van der Waals surface area contributed by atoms with Gasteiger partial charge in [0.25, 0.3) is 0 Å². The summed E-state index contributed by atoms with van der Waals surface area (Å²) in [5.74, 6) is 0.310. The molecule has 0 aliphatic rings. The van der Waals surface area contributed by atoms with Gasteiger partial charge in [-0.3, -0.25) is 0 Å². The van der Waals surface area contributed by atoms with Gasteiger partial charge in [0.05, 0.1) is 0 Å². The molecule has 1 N–H and O–H groups in total. The van der Waals surface area contributed by atoms with E-state index in [1.807, 2.05) is 19.1 Å². The molecule has 0 bridgehead atoms. The summed E-state index contributed by atoms with van der Waals surface area (Å²) in [6.07, 6.45) is 3.43. The van der Waals surface area contributed by atoms with Gasteiger partial charge >= 0.3 is 0 Å². The molecule has 1 heteroatoms. The van der Waals surface area contributed by atoms with Crippen LogP contribution in [0.3, 0.4) is 0 Å². The Kier molecular flexibility index (Phi) is 2.32. The molecule has 1 rings (SSSR count). The molecule has 11 heavy (non-hydrogen) atoms. The SMILES string of the molecule is [CH2]/C=C/c1ccc(C)cc1O. The Hall–Kier alpha value is -1.24. The lowest BCUT2D eigenvalue weighted by Crippen LogP contribution is -1.76. The maximum atomic E-state index is 9.34. The number of aryl methyl sites for hydroxylation is 1. The van der Waals surface area contributed by atoms with E-state index in [9.17, 15) is 5.11 Å². The van der Waals surface area contributed by atoms with Crippen LogP contribution >= 0.6 is 0 Å². The zero-order valence-corrected chi connectivity index (χ0v) is 6.54. The molecule has 0 saturated heterocycles. The molecule has 0 heterocycles. The van der Waals surface area contributed by atoms with Crippen LogP contribution in [-0.4, -0.2) is 5.11 Å². The zero-order valence-electron chi connectivity index (χ0n) is 6.54. The van der Waals surface area contributed by atoms with E-state index >= 15 is 0 Å². The molecule has 1 aromatic carbocycles. The minimum Gasteiger partial charge on any atom is -0.507 e. The fourth-order valence-corrected chi connectivity index (χ4v) is 0.922. The van der Waals surface area contributed by atoms with Gasteiger partial charge in [-0.25, -0.2) is 0 Å². The summed E-state index contributed by atoms with van der Waals surface area (Å²) in [4.78, 5) is 0. The Morgan fingerprint density at radius 2 is 2.18 bits per heavy atom. The molecule has 0 aliphatic carbocycles. The van der Waals surface area contributed by atoms with Crippen LogP contribution in [0.15, 0.2) is 24.3 Å². The maximum absolute atomic E-state index is 9.34. The first-order valence-electron chi connectivity index (χ1n) is 3.49. The van der Waals surface area contributed by atoms with Crippen molar-refractivity contribution in [1.82, 2.24) is 0 Å². The average Bonchev–Trinajstić information content (AvgIpc) is 1.95. The lowest BCUT2D eigenvalue weighted by atomic mass is 10.1. The minimum atomic E-state index is 0.310. The van der Waals surface area contributed by atoms with E-state index in [-0.39, 0.29) is 0 Å². The summed E-state index contributed by atoms with van der Waals surface area (Å²) in [7, 11) is 0. The van der Waals surface area contributed by atoms with E-state index in [1.165, 1.54) is 0 Å². The molecular weight excluding hydrogens is 136 g/mol. The normalized spacial score (nSPS) is 10.7. The van der Waals surface area contributed by atoms with Gasteiger partial charge in [0.2, 0.25) is 0 Å². The second-order valence-electron chi connectivity index (χ2n) is 2.46. The molecule has 0 atom stereocenters. The number of hydrogen-bond donors (Lipinski definition) is 1. The largest absolute Gasteiger partial charge is 0.507 e. The van der Waals surface area contributed by atoms with Crippen molar-refractivity contribution in [3.63, 3.8) is 0 Å². The van der Waals surface area contributed by atoms with Crippen LogP contribution in [0.2, 0.25) is 0 Å². The smallest absolute Gasteiger partial charge is 0.123 e. The van der Waals surface area contributed by atoms with Crippen molar-refractivity contribution >= 4 is 6.08 Å². The summed E-state index contributed by atoms with van der Waals surface area (Å²) in [5, 5.41) is 9.34. The average molecular weight is 147 g/mol. The number of allylic oxidation sites excluding steroid dienone is 1. The van der Waals surface area contributed by atoms with Crippen LogP contribution in [0.25, 0.3) is 6.08 Å². The number of phenols is 1. The Balaban J connectivity index is 3.09. The second-order valence-corrected chi connectivity index (χ2v) is 2.46. The van der Waals surface area contributed by atoms with Crippen LogP contribution in [0.4, 0.5) is 0 Å². The van der Waals surface area contributed by atoms with Gasteiger partial charge in [-0.1, -0.05) is 24.3 Å². The van der Waals surface area contributed by atoms with Gasteiger partial charge in [-0.05, 0) is 25.5 Å². The number of hydrogen-bond acceptors (Lipinski definition) is 1. The Bertz CT molecular complexity index is 274. The van der Waals surface area contributed by atoms with Gasteiger partial charge in [0, 0.05) is 5.56 Å². The molecule has 1 nitrogen and oxygen atoms in total. The van der Waals surface area contributed by atoms with Gasteiger partial charge in [-0.2, -0.15) is 0 Å². The zero-order chi connectivity index (χ0) is 8.27. The van der Waals surface area contributed by atoms with Crippen molar-refractivity contribution in [3.05, 3.63) is 42.3 Å². The maximum Gasteiger partial charge on any atom is 0.123 e. The molecule has 0 spiro atoms. The highest BCUT2D eigenvalue weighted by Gasteiger charge is 1.94. The van der Waals surface area contributed by atoms with E-state index in [0.29, 0.717) is 5.75 Å². The Morgan fingerprint density at radius 3 is 2.73 bits per heavy atom. The van der Waals surface area contributed by atoms with Crippen molar-refractivity contribution in [2.24, 2.45) is 0 Å². The number of rotatable bonds is 1. The highest BCUT2D eigenvalue weighted by molar-refractivity contribution is 5.57.